The van der Waals surface area contributed by atoms with Crippen LogP contribution in [0.25, 0.3) is 0 Å². The molecule has 0 radical (unpaired) electrons. The molecule has 1 unspecified atom stereocenters. The van der Waals surface area contributed by atoms with E-state index in [2.05, 4.69) is 15.9 Å². The molecule has 1 heterocycles. The first-order valence-corrected chi connectivity index (χ1v) is 7.36. The van der Waals surface area contributed by atoms with Gasteiger partial charge in [-0.25, -0.2) is 0 Å². The molecule has 0 aliphatic rings. The van der Waals surface area contributed by atoms with E-state index < -0.39 is 29.0 Å². The first-order valence-electron chi connectivity index (χ1n) is 5.68. The van der Waals surface area contributed by atoms with E-state index >= 15 is 0 Å². The lowest BCUT2D eigenvalue weighted by atomic mass is 9.93. The van der Waals surface area contributed by atoms with Crippen LogP contribution in [0.2, 0.25) is 0 Å². The van der Waals surface area contributed by atoms with Gasteiger partial charge in [-0.05, 0) is 29.6 Å². The number of carbonyl (C=O) groups excluding carboxylic acids is 1. The number of carbonyl (C=O) groups is 1. The van der Waals surface area contributed by atoms with Crippen LogP contribution in [0.3, 0.4) is 0 Å². The third kappa shape index (κ3) is 3.34. The molecule has 1 aromatic carbocycles. The smallest absolute Gasteiger partial charge is 0.292 e. The minimum Gasteiger partial charge on any atom is -0.292 e. The van der Waals surface area contributed by atoms with Crippen molar-refractivity contribution in [2.45, 2.75) is 12.1 Å². The largest absolute Gasteiger partial charge is 0.417 e. The van der Waals surface area contributed by atoms with E-state index in [1.165, 1.54) is 6.07 Å². The Kier molecular flexibility index (Phi) is 4.49. The van der Waals surface area contributed by atoms with Gasteiger partial charge < -0.3 is 0 Å². The van der Waals surface area contributed by atoms with Crippen LogP contribution in [-0.2, 0) is 6.18 Å². The molecule has 0 saturated carbocycles. The summed E-state index contributed by atoms with van der Waals surface area (Å²) in [5.74, 6) is -2.08. The van der Waals surface area contributed by atoms with E-state index in [9.17, 15) is 18.0 Å². The topological polar surface area (TPSA) is 40.9 Å². The number of halogens is 4. The molecule has 0 N–H and O–H groups in total. The van der Waals surface area contributed by atoms with Crippen LogP contribution >= 0.6 is 27.3 Å². The molecule has 0 spiro atoms. The number of thiophene rings is 1. The van der Waals surface area contributed by atoms with Crippen LogP contribution in [0, 0.1) is 11.3 Å². The Morgan fingerprint density at radius 3 is 2.57 bits per heavy atom. The van der Waals surface area contributed by atoms with E-state index in [1.807, 2.05) is 0 Å². The predicted molar refractivity (Wildman–Crippen MR) is 76.1 cm³/mol. The zero-order valence-electron chi connectivity index (χ0n) is 10.3. The van der Waals surface area contributed by atoms with E-state index in [-0.39, 0.29) is 4.47 Å². The minimum atomic E-state index is -4.66. The number of ketones is 1. The molecular weight excluding hydrogens is 367 g/mol. The summed E-state index contributed by atoms with van der Waals surface area (Å²) in [6, 6.07) is 8.26. The van der Waals surface area contributed by atoms with E-state index in [1.54, 1.807) is 23.6 Å². The molecule has 1 atom stereocenters. The number of benzene rings is 1. The molecule has 0 fully saturated rings. The number of alkyl halides is 3. The van der Waals surface area contributed by atoms with Crippen molar-refractivity contribution < 1.29 is 18.0 Å². The Labute approximate surface area is 131 Å². The molecule has 2 nitrogen and oxygen atoms in total. The Balaban J connectivity index is 2.51. The highest BCUT2D eigenvalue weighted by molar-refractivity contribution is 9.10. The van der Waals surface area contributed by atoms with Crippen molar-refractivity contribution in [3.8, 4) is 6.07 Å². The highest BCUT2D eigenvalue weighted by atomic mass is 79.9. The maximum atomic E-state index is 13.0. The first-order chi connectivity index (χ1) is 9.84. The second-order valence-corrected chi connectivity index (χ2v) is 6.02. The number of hydrogen-bond donors (Lipinski definition) is 0. The normalized spacial score (nSPS) is 12.7. The third-order valence-corrected chi connectivity index (χ3v) is 4.20. The second-order valence-electron chi connectivity index (χ2n) is 4.13. The molecule has 0 saturated heterocycles. The van der Waals surface area contributed by atoms with Crippen LogP contribution in [-0.4, -0.2) is 5.78 Å². The monoisotopic (exact) mass is 373 g/mol. The molecule has 0 aliphatic heterocycles. The molecule has 0 amide bonds. The van der Waals surface area contributed by atoms with Crippen molar-refractivity contribution in [2.24, 2.45) is 0 Å². The molecule has 2 aromatic rings. The highest BCUT2D eigenvalue weighted by Gasteiger charge is 2.37. The van der Waals surface area contributed by atoms with Crippen molar-refractivity contribution in [2.75, 3.05) is 0 Å². The van der Waals surface area contributed by atoms with Gasteiger partial charge in [-0.15, -0.1) is 11.3 Å². The van der Waals surface area contributed by atoms with Crippen LogP contribution in [0.4, 0.5) is 13.2 Å². The zero-order valence-corrected chi connectivity index (χ0v) is 12.7. The number of Topliss-reactive ketones (excluding diaryl/α,β-unsaturated/α-hetero) is 1. The predicted octanol–water partition coefficient (Wildman–Crippen LogP) is 5.02. The van der Waals surface area contributed by atoms with Crippen molar-refractivity contribution in [3.05, 3.63) is 56.2 Å². The van der Waals surface area contributed by atoms with Gasteiger partial charge in [0.1, 0.15) is 5.92 Å². The SMILES string of the molecule is N#CC(C(=O)c1ccc(Br)cc1C(F)(F)F)c1cccs1. The maximum Gasteiger partial charge on any atom is 0.417 e. The molecule has 1 aromatic heterocycles. The van der Waals surface area contributed by atoms with Gasteiger partial charge in [-0.1, -0.05) is 22.0 Å². The maximum absolute atomic E-state index is 13.0. The summed E-state index contributed by atoms with van der Waals surface area (Å²) in [5.41, 5.74) is -1.54. The first kappa shape index (κ1) is 15.7. The second kappa shape index (κ2) is 6.00. The quantitative estimate of drug-likeness (QED) is 0.708. The van der Waals surface area contributed by atoms with E-state index in [4.69, 9.17) is 5.26 Å². The summed E-state index contributed by atoms with van der Waals surface area (Å²) < 4.78 is 39.4. The van der Waals surface area contributed by atoms with Crippen molar-refractivity contribution in [1.82, 2.24) is 0 Å². The Hall–Kier alpha value is -1.65. The van der Waals surface area contributed by atoms with Gasteiger partial charge in [-0.3, -0.25) is 4.79 Å². The van der Waals surface area contributed by atoms with Gasteiger partial charge >= 0.3 is 6.18 Å². The van der Waals surface area contributed by atoms with Gasteiger partial charge in [0.05, 0.1) is 11.6 Å². The summed E-state index contributed by atoms with van der Waals surface area (Å²) in [7, 11) is 0. The van der Waals surface area contributed by atoms with Crippen LogP contribution in [0.15, 0.2) is 40.2 Å². The molecule has 21 heavy (non-hydrogen) atoms. The number of nitriles is 1. The van der Waals surface area contributed by atoms with Crippen LogP contribution in [0.5, 0.6) is 0 Å². The fourth-order valence-corrected chi connectivity index (χ4v) is 2.96. The summed E-state index contributed by atoms with van der Waals surface area (Å²) >= 11 is 4.12. The summed E-state index contributed by atoms with van der Waals surface area (Å²) in [5, 5.41) is 10.8. The van der Waals surface area contributed by atoms with Gasteiger partial charge in [0.2, 0.25) is 0 Å². The number of hydrogen-bond acceptors (Lipinski definition) is 3. The average Bonchev–Trinajstić information content (AvgIpc) is 2.92. The van der Waals surface area contributed by atoms with Gasteiger partial charge in [0.15, 0.2) is 5.78 Å². The minimum absolute atomic E-state index is 0.219. The average molecular weight is 374 g/mol. The number of rotatable bonds is 3. The summed E-state index contributed by atoms with van der Waals surface area (Å²) in [6.07, 6.45) is -4.66. The summed E-state index contributed by atoms with van der Waals surface area (Å²) in [6.45, 7) is 0. The molecule has 0 bridgehead atoms. The Morgan fingerprint density at radius 2 is 2.05 bits per heavy atom. The standard InChI is InChI=1S/C14H7BrF3NOS/c15-8-3-4-9(11(6-8)14(16,17)18)13(20)10(7-19)12-2-1-5-21-12/h1-6,10H. The fourth-order valence-electron chi connectivity index (χ4n) is 1.83. The van der Waals surface area contributed by atoms with E-state index in [0.717, 1.165) is 23.5 Å². The molecule has 0 aliphatic carbocycles. The van der Waals surface area contributed by atoms with E-state index in [0.29, 0.717) is 4.88 Å². The lowest BCUT2D eigenvalue weighted by molar-refractivity contribution is -0.138. The zero-order chi connectivity index (χ0) is 15.6. The number of nitrogens with zero attached hydrogens (tertiary/aromatic N) is 1. The molecular formula is C14H7BrF3NOS. The molecule has 7 heteroatoms. The van der Waals surface area contributed by atoms with Crippen molar-refractivity contribution in [3.63, 3.8) is 0 Å². The van der Waals surface area contributed by atoms with Gasteiger partial charge in [-0.2, -0.15) is 18.4 Å². The van der Waals surface area contributed by atoms with Crippen LogP contribution in [0.1, 0.15) is 26.7 Å². The highest BCUT2D eigenvalue weighted by Crippen LogP contribution is 2.36. The van der Waals surface area contributed by atoms with Crippen molar-refractivity contribution >= 4 is 33.0 Å². The fraction of sp³-hybridized carbons (Fsp3) is 0.143. The lowest BCUT2D eigenvalue weighted by Crippen LogP contribution is -2.17. The Morgan fingerprint density at radius 1 is 1.33 bits per heavy atom. The van der Waals surface area contributed by atoms with Gasteiger partial charge in [0, 0.05) is 14.9 Å². The van der Waals surface area contributed by atoms with Crippen molar-refractivity contribution in [1.29, 1.82) is 5.26 Å². The Bertz CT molecular complexity index is 704. The summed E-state index contributed by atoms with van der Waals surface area (Å²) in [4.78, 5) is 12.8. The molecule has 108 valence electrons. The molecule has 2 rings (SSSR count). The van der Waals surface area contributed by atoms with Crippen LogP contribution < -0.4 is 0 Å². The lowest BCUT2D eigenvalue weighted by Gasteiger charge is -2.14. The third-order valence-electron chi connectivity index (χ3n) is 2.77. The van der Waals surface area contributed by atoms with Gasteiger partial charge in [0.25, 0.3) is 0 Å².